The van der Waals surface area contributed by atoms with Gasteiger partial charge in [0.05, 0.1) is 4.88 Å². The van der Waals surface area contributed by atoms with Gasteiger partial charge < -0.3 is 15.5 Å². The molecule has 0 radical (unpaired) electrons. The van der Waals surface area contributed by atoms with Crippen molar-refractivity contribution in [1.29, 1.82) is 0 Å². The van der Waals surface area contributed by atoms with Crippen LogP contribution in [0.4, 0.5) is 16.5 Å². The molecule has 36 heavy (non-hydrogen) atoms. The number of thiazole rings is 1. The zero-order valence-electron chi connectivity index (χ0n) is 20.6. The van der Waals surface area contributed by atoms with Gasteiger partial charge in [-0.25, -0.2) is 4.98 Å². The zero-order chi connectivity index (χ0) is 24.9. The van der Waals surface area contributed by atoms with E-state index in [9.17, 15) is 4.79 Å². The van der Waals surface area contributed by atoms with Gasteiger partial charge in [0.2, 0.25) is 0 Å². The molecule has 5 rings (SSSR count). The van der Waals surface area contributed by atoms with Crippen LogP contribution in [-0.2, 0) is 6.54 Å². The normalized spacial score (nSPS) is 14.5. The van der Waals surface area contributed by atoms with Gasteiger partial charge in [-0.2, -0.15) is 0 Å². The molecule has 1 aliphatic rings. The molecule has 0 bridgehead atoms. The minimum Gasteiger partial charge on any atom is -0.331 e. The Bertz CT molecular complexity index is 1310. The number of likely N-dealkylation sites (N-methyl/N-ethyl adjacent to an activating group) is 1. The Morgan fingerprint density at radius 1 is 1.03 bits per heavy atom. The van der Waals surface area contributed by atoms with E-state index in [2.05, 4.69) is 49.6 Å². The fourth-order valence-corrected chi connectivity index (χ4v) is 4.97. The Labute approximate surface area is 215 Å². The van der Waals surface area contributed by atoms with Crippen LogP contribution in [0.5, 0.6) is 0 Å². The topological polar surface area (TPSA) is 73.4 Å². The van der Waals surface area contributed by atoms with Crippen molar-refractivity contribution in [3.63, 3.8) is 0 Å². The Morgan fingerprint density at radius 2 is 1.83 bits per heavy atom. The summed E-state index contributed by atoms with van der Waals surface area (Å²) in [5.74, 6) is -0.139. The van der Waals surface area contributed by atoms with Crippen molar-refractivity contribution in [2.45, 2.75) is 13.5 Å². The van der Waals surface area contributed by atoms with Gasteiger partial charge in [-0.1, -0.05) is 35.6 Å². The van der Waals surface area contributed by atoms with Crippen LogP contribution in [0.2, 0.25) is 0 Å². The molecular formula is C28H30N6OS. The van der Waals surface area contributed by atoms with E-state index in [1.807, 2.05) is 61.8 Å². The molecule has 184 valence electrons. The van der Waals surface area contributed by atoms with Gasteiger partial charge >= 0.3 is 0 Å². The third-order valence-corrected chi connectivity index (χ3v) is 7.37. The van der Waals surface area contributed by atoms with E-state index in [1.54, 1.807) is 17.5 Å². The van der Waals surface area contributed by atoms with Gasteiger partial charge in [0.25, 0.3) is 5.91 Å². The van der Waals surface area contributed by atoms with E-state index in [1.165, 1.54) is 5.56 Å². The van der Waals surface area contributed by atoms with E-state index in [0.717, 1.165) is 65.2 Å². The van der Waals surface area contributed by atoms with Crippen LogP contribution in [0.25, 0.3) is 10.4 Å². The van der Waals surface area contributed by atoms with Crippen molar-refractivity contribution in [3.05, 3.63) is 89.9 Å². The first-order valence-corrected chi connectivity index (χ1v) is 12.9. The molecule has 3 heterocycles. The second-order valence-electron chi connectivity index (χ2n) is 9.16. The first-order chi connectivity index (χ1) is 17.5. The maximum atomic E-state index is 13.0. The van der Waals surface area contributed by atoms with E-state index in [-0.39, 0.29) is 5.91 Å². The Morgan fingerprint density at radius 3 is 2.58 bits per heavy atom. The largest absolute Gasteiger partial charge is 0.331 e. The summed E-state index contributed by atoms with van der Waals surface area (Å²) >= 11 is 1.55. The molecule has 2 aromatic heterocycles. The average Bonchev–Trinajstić information content (AvgIpc) is 3.37. The third-order valence-electron chi connectivity index (χ3n) is 6.41. The number of aromatic nitrogens is 2. The molecular weight excluding hydrogens is 468 g/mol. The second kappa shape index (κ2) is 11.0. The summed E-state index contributed by atoms with van der Waals surface area (Å²) in [5.41, 5.74) is 5.57. The summed E-state index contributed by atoms with van der Waals surface area (Å²) in [6.45, 7) is 7.34. The summed E-state index contributed by atoms with van der Waals surface area (Å²) in [4.78, 5) is 27.5. The van der Waals surface area contributed by atoms with E-state index >= 15 is 0 Å². The number of amides is 1. The number of carbonyl (C=O) groups is 1. The minimum absolute atomic E-state index is 0.139. The quantitative estimate of drug-likeness (QED) is 0.362. The minimum atomic E-state index is -0.139. The maximum absolute atomic E-state index is 13.0. The van der Waals surface area contributed by atoms with Crippen LogP contribution >= 0.6 is 11.3 Å². The zero-order valence-corrected chi connectivity index (χ0v) is 21.4. The summed E-state index contributed by atoms with van der Waals surface area (Å²) < 4.78 is 0. The molecule has 1 amide bonds. The Hall–Kier alpha value is -3.59. The number of carbonyl (C=O) groups excluding carboxylic acids is 1. The molecule has 0 atom stereocenters. The first-order valence-electron chi connectivity index (χ1n) is 12.1. The fraction of sp³-hybridized carbons (Fsp3) is 0.250. The highest BCUT2D eigenvalue weighted by molar-refractivity contribution is 7.18. The number of anilines is 3. The lowest BCUT2D eigenvalue weighted by molar-refractivity contribution is 0.102. The van der Waals surface area contributed by atoms with Crippen LogP contribution in [0.15, 0.2) is 73.2 Å². The number of hydrogen-bond donors (Lipinski definition) is 2. The SMILES string of the molecule is Cc1ccc(C(=O)Nc2ccc(CN3CCN(C)CC3)cc2)cc1Nc1ncc(-c2cccnc2)s1. The van der Waals surface area contributed by atoms with Gasteiger partial charge in [-0.05, 0) is 55.4 Å². The van der Waals surface area contributed by atoms with Crippen molar-refractivity contribution in [3.8, 4) is 10.4 Å². The number of piperazine rings is 1. The smallest absolute Gasteiger partial charge is 0.255 e. The third kappa shape index (κ3) is 5.96. The molecule has 7 nitrogen and oxygen atoms in total. The van der Waals surface area contributed by atoms with Gasteiger partial charge in [0.1, 0.15) is 0 Å². The molecule has 0 aliphatic carbocycles. The van der Waals surface area contributed by atoms with Crippen LogP contribution in [0, 0.1) is 6.92 Å². The monoisotopic (exact) mass is 498 g/mol. The van der Waals surface area contributed by atoms with Crippen LogP contribution in [0.3, 0.4) is 0 Å². The van der Waals surface area contributed by atoms with Crippen LogP contribution < -0.4 is 10.6 Å². The highest BCUT2D eigenvalue weighted by Gasteiger charge is 2.14. The lowest BCUT2D eigenvalue weighted by Gasteiger charge is -2.32. The van der Waals surface area contributed by atoms with Crippen molar-refractivity contribution in [2.75, 3.05) is 43.9 Å². The molecule has 4 aromatic rings. The summed E-state index contributed by atoms with van der Waals surface area (Å²) in [5, 5.41) is 7.16. The predicted molar refractivity (Wildman–Crippen MR) is 147 cm³/mol. The first kappa shape index (κ1) is 24.1. The van der Waals surface area contributed by atoms with E-state index in [0.29, 0.717) is 5.56 Å². The molecule has 1 aliphatic heterocycles. The molecule has 0 saturated carbocycles. The molecule has 2 N–H and O–H groups in total. The Balaban J connectivity index is 1.22. The van der Waals surface area contributed by atoms with Crippen molar-refractivity contribution >= 4 is 33.8 Å². The molecule has 1 fully saturated rings. The second-order valence-corrected chi connectivity index (χ2v) is 10.2. The lowest BCUT2D eigenvalue weighted by atomic mass is 10.1. The number of pyridine rings is 1. The van der Waals surface area contributed by atoms with Gasteiger partial charge in [0.15, 0.2) is 5.13 Å². The lowest BCUT2D eigenvalue weighted by Crippen LogP contribution is -2.43. The molecule has 2 aromatic carbocycles. The van der Waals surface area contributed by atoms with E-state index < -0.39 is 0 Å². The number of hydrogen-bond acceptors (Lipinski definition) is 7. The summed E-state index contributed by atoms with van der Waals surface area (Å²) in [6, 6.07) is 17.7. The van der Waals surface area contributed by atoms with Crippen LogP contribution in [-0.4, -0.2) is 58.9 Å². The van der Waals surface area contributed by atoms with Gasteiger partial charge in [0, 0.05) is 73.8 Å². The van der Waals surface area contributed by atoms with Gasteiger partial charge in [-0.15, -0.1) is 0 Å². The fourth-order valence-electron chi connectivity index (χ4n) is 4.15. The highest BCUT2D eigenvalue weighted by atomic mass is 32.1. The number of benzene rings is 2. The summed E-state index contributed by atoms with van der Waals surface area (Å²) in [7, 11) is 2.17. The van der Waals surface area contributed by atoms with E-state index in [4.69, 9.17) is 0 Å². The number of nitrogens with one attached hydrogen (secondary N) is 2. The molecule has 8 heteroatoms. The molecule has 1 saturated heterocycles. The van der Waals surface area contributed by atoms with Crippen molar-refractivity contribution in [1.82, 2.24) is 19.8 Å². The molecule has 0 unspecified atom stereocenters. The average molecular weight is 499 g/mol. The maximum Gasteiger partial charge on any atom is 0.255 e. The number of aryl methyl sites for hydroxylation is 1. The molecule has 0 spiro atoms. The van der Waals surface area contributed by atoms with Crippen molar-refractivity contribution in [2.24, 2.45) is 0 Å². The highest BCUT2D eigenvalue weighted by Crippen LogP contribution is 2.31. The van der Waals surface area contributed by atoms with Gasteiger partial charge in [-0.3, -0.25) is 14.7 Å². The predicted octanol–water partition coefficient (Wildman–Crippen LogP) is 5.26. The van der Waals surface area contributed by atoms with Crippen molar-refractivity contribution < 1.29 is 4.79 Å². The number of rotatable bonds is 7. The number of nitrogens with zero attached hydrogens (tertiary/aromatic N) is 4. The Kier molecular flexibility index (Phi) is 7.36. The van der Waals surface area contributed by atoms with Crippen LogP contribution in [0.1, 0.15) is 21.5 Å². The standard InChI is InChI=1S/C28H30N6OS/c1-20-5-8-22(16-25(20)32-28-30-18-26(36-28)23-4-3-11-29-17-23)27(35)31-24-9-6-21(7-10-24)19-34-14-12-33(2)13-15-34/h3-11,16-18H,12-15,19H2,1-2H3,(H,30,32)(H,31,35). The summed E-state index contributed by atoms with van der Waals surface area (Å²) in [6.07, 6.45) is 5.42.